The lowest BCUT2D eigenvalue weighted by Crippen LogP contribution is -2.31. The van der Waals surface area contributed by atoms with E-state index < -0.39 is 0 Å². The van der Waals surface area contributed by atoms with Crippen LogP contribution in [0, 0.1) is 6.92 Å². The number of hydrogen-bond acceptors (Lipinski definition) is 4. The van der Waals surface area contributed by atoms with Gasteiger partial charge in [0.2, 0.25) is 5.91 Å². The summed E-state index contributed by atoms with van der Waals surface area (Å²) < 4.78 is 0. The molecule has 1 amide bonds. The number of nitrogens with zero attached hydrogens (tertiary/aromatic N) is 2. The highest BCUT2D eigenvalue weighted by atomic mass is 16.2. The maximum Gasteiger partial charge on any atom is 0.244 e. The topological polar surface area (TPSA) is 71.2 Å². The number of likely N-dealkylation sites (N-methyl/N-ethyl adjacent to an activating group) is 1. The Morgan fingerprint density at radius 1 is 1.40 bits per heavy atom. The van der Waals surface area contributed by atoms with Crippen LogP contribution in [-0.2, 0) is 4.79 Å². The number of nitrogens with one attached hydrogen (secondary N) is 1. The number of nitrogen functional groups attached to an aromatic ring is 1. The maximum atomic E-state index is 12.0. The number of likely N-dealkylation sites (tertiary alicyclic amines) is 1. The molecule has 20 heavy (non-hydrogen) atoms. The van der Waals surface area contributed by atoms with Crippen LogP contribution >= 0.6 is 0 Å². The molecule has 0 radical (unpaired) electrons. The summed E-state index contributed by atoms with van der Waals surface area (Å²) in [6, 6.07) is 5.63. The number of aryl methyl sites for hydroxylation is 1. The van der Waals surface area contributed by atoms with Crippen LogP contribution in [0.25, 0.3) is 10.8 Å². The van der Waals surface area contributed by atoms with Gasteiger partial charge in [-0.05, 0) is 31.5 Å². The van der Waals surface area contributed by atoms with Crippen molar-refractivity contribution in [1.82, 2.24) is 9.88 Å². The SMILES string of the molecule is Cc1cc2c(NC3CCN(C)C3=O)ccc(N)c2cn1. The number of hydrogen-bond donors (Lipinski definition) is 2. The number of amides is 1. The van der Waals surface area contributed by atoms with E-state index in [0.717, 1.165) is 35.1 Å². The fraction of sp³-hybridized carbons (Fsp3) is 0.333. The Bertz CT molecular complexity index is 683. The van der Waals surface area contributed by atoms with Gasteiger partial charge < -0.3 is 16.0 Å². The van der Waals surface area contributed by atoms with Crippen LogP contribution in [0.3, 0.4) is 0 Å². The summed E-state index contributed by atoms with van der Waals surface area (Å²) in [5.41, 5.74) is 8.56. The zero-order valence-corrected chi connectivity index (χ0v) is 11.7. The molecule has 3 rings (SSSR count). The summed E-state index contributed by atoms with van der Waals surface area (Å²) in [5, 5.41) is 5.27. The van der Waals surface area contributed by atoms with Crippen molar-refractivity contribution in [2.24, 2.45) is 0 Å². The van der Waals surface area contributed by atoms with Crippen LogP contribution in [0.2, 0.25) is 0 Å². The average Bonchev–Trinajstić information content (AvgIpc) is 2.74. The van der Waals surface area contributed by atoms with Gasteiger partial charge in [-0.2, -0.15) is 0 Å². The van der Waals surface area contributed by atoms with Crippen LogP contribution in [0.5, 0.6) is 0 Å². The Balaban J connectivity index is 2.02. The first-order chi connectivity index (χ1) is 9.56. The molecule has 5 nitrogen and oxygen atoms in total. The van der Waals surface area contributed by atoms with E-state index in [0.29, 0.717) is 5.69 Å². The predicted molar refractivity (Wildman–Crippen MR) is 80.6 cm³/mol. The smallest absolute Gasteiger partial charge is 0.244 e. The van der Waals surface area contributed by atoms with Gasteiger partial charge in [-0.1, -0.05) is 0 Å². The molecule has 5 heteroatoms. The highest BCUT2D eigenvalue weighted by Gasteiger charge is 2.29. The first kappa shape index (κ1) is 12.7. The van der Waals surface area contributed by atoms with Gasteiger partial charge in [-0.3, -0.25) is 9.78 Å². The number of anilines is 2. The number of benzene rings is 1. The van der Waals surface area contributed by atoms with Gasteiger partial charge in [0.25, 0.3) is 0 Å². The number of rotatable bonds is 2. The Kier molecular flexibility index (Phi) is 2.97. The van der Waals surface area contributed by atoms with Gasteiger partial charge in [0, 0.05) is 47.6 Å². The second-order valence-electron chi connectivity index (χ2n) is 5.32. The number of carbonyl (C=O) groups excluding carboxylic acids is 1. The van der Waals surface area contributed by atoms with Crippen LogP contribution in [0.1, 0.15) is 12.1 Å². The van der Waals surface area contributed by atoms with E-state index in [2.05, 4.69) is 10.3 Å². The molecule has 1 aliphatic rings. The van der Waals surface area contributed by atoms with E-state index >= 15 is 0 Å². The van der Waals surface area contributed by atoms with E-state index in [9.17, 15) is 4.79 Å². The van der Waals surface area contributed by atoms with E-state index in [1.165, 1.54) is 0 Å². The van der Waals surface area contributed by atoms with Crippen molar-refractivity contribution in [3.05, 3.63) is 30.1 Å². The van der Waals surface area contributed by atoms with Gasteiger partial charge >= 0.3 is 0 Å². The summed E-state index contributed by atoms with van der Waals surface area (Å²) in [4.78, 5) is 18.0. The zero-order chi connectivity index (χ0) is 14.3. The minimum atomic E-state index is -0.153. The molecule has 1 atom stereocenters. The van der Waals surface area contributed by atoms with Gasteiger partial charge in [0.1, 0.15) is 6.04 Å². The third-order valence-corrected chi connectivity index (χ3v) is 3.83. The number of aromatic nitrogens is 1. The average molecular weight is 270 g/mol. The third-order valence-electron chi connectivity index (χ3n) is 3.83. The molecule has 104 valence electrons. The van der Waals surface area contributed by atoms with Gasteiger partial charge in [0.05, 0.1) is 0 Å². The predicted octanol–water partition coefficient (Wildman–Crippen LogP) is 1.77. The Hall–Kier alpha value is -2.30. The fourth-order valence-electron chi connectivity index (χ4n) is 2.64. The summed E-state index contributed by atoms with van der Waals surface area (Å²) in [6.45, 7) is 2.74. The molecule has 1 fully saturated rings. The van der Waals surface area contributed by atoms with E-state index in [-0.39, 0.29) is 11.9 Å². The summed E-state index contributed by atoms with van der Waals surface area (Å²) in [7, 11) is 1.83. The van der Waals surface area contributed by atoms with Gasteiger partial charge in [-0.25, -0.2) is 0 Å². The molecule has 2 heterocycles. The zero-order valence-electron chi connectivity index (χ0n) is 11.7. The minimum absolute atomic E-state index is 0.140. The van der Waals surface area contributed by atoms with E-state index in [1.807, 2.05) is 32.2 Å². The molecule has 0 bridgehead atoms. The molecule has 1 saturated heterocycles. The summed E-state index contributed by atoms with van der Waals surface area (Å²) >= 11 is 0. The number of carbonyl (C=O) groups is 1. The second kappa shape index (κ2) is 4.67. The number of pyridine rings is 1. The van der Waals surface area contributed by atoms with Crippen LogP contribution in [0.4, 0.5) is 11.4 Å². The highest BCUT2D eigenvalue weighted by Crippen LogP contribution is 2.29. The first-order valence-electron chi connectivity index (χ1n) is 6.72. The van der Waals surface area contributed by atoms with Crippen molar-refractivity contribution in [2.45, 2.75) is 19.4 Å². The van der Waals surface area contributed by atoms with Crippen molar-refractivity contribution in [2.75, 3.05) is 24.6 Å². The van der Waals surface area contributed by atoms with Gasteiger partial charge in [0.15, 0.2) is 0 Å². The Morgan fingerprint density at radius 2 is 2.20 bits per heavy atom. The molecule has 1 aromatic carbocycles. The molecule has 3 N–H and O–H groups in total. The first-order valence-corrected chi connectivity index (χ1v) is 6.72. The standard InChI is InChI=1S/C15H18N4O/c1-9-7-10-11(8-17-9)12(16)3-4-13(10)18-14-5-6-19(2)15(14)20/h3-4,7-8,14,18H,5-6,16H2,1-2H3. The maximum absolute atomic E-state index is 12.0. The van der Waals surface area contributed by atoms with Crippen molar-refractivity contribution >= 4 is 28.1 Å². The lowest BCUT2D eigenvalue weighted by atomic mass is 10.1. The van der Waals surface area contributed by atoms with E-state index in [1.54, 1.807) is 11.1 Å². The Labute approximate surface area is 117 Å². The van der Waals surface area contributed by atoms with Crippen LogP contribution in [-0.4, -0.2) is 35.4 Å². The van der Waals surface area contributed by atoms with Crippen LogP contribution in [0.15, 0.2) is 24.4 Å². The second-order valence-corrected chi connectivity index (χ2v) is 5.32. The molecule has 0 saturated carbocycles. The van der Waals surface area contributed by atoms with Crippen LogP contribution < -0.4 is 11.1 Å². The molecule has 0 aliphatic carbocycles. The Morgan fingerprint density at radius 3 is 2.90 bits per heavy atom. The molecular formula is C15H18N4O. The van der Waals surface area contributed by atoms with E-state index in [4.69, 9.17) is 5.73 Å². The normalized spacial score (nSPS) is 18.8. The quantitative estimate of drug-likeness (QED) is 0.816. The van der Waals surface area contributed by atoms with Crippen molar-refractivity contribution in [3.63, 3.8) is 0 Å². The van der Waals surface area contributed by atoms with Gasteiger partial charge in [-0.15, -0.1) is 0 Å². The molecule has 1 aromatic heterocycles. The third kappa shape index (κ3) is 2.05. The molecule has 1 aliphatic heterocycles. The van der Waals surface area contributed by atoms with Crippen molar-refractivity contribution < 1.29 is 4.79 Å². The minimum Gasteiger partial charge on any atom is -0.398 e. The number of fused-ring (bicyclic) bond motifs is 1. The van der Waals surface area contributed by atoms with Crippen molar-refractivity contribution in [3.8, 4) is 0 Å². The molecule has 0 spiro atoms. The summed E-state index contributed by atoms with van der Waals surface area (Å²) in [5.74, 6) is 0.140. The summed E-state index contributed by atoms with van der Waals surface area (Å²) in [6.07, 6.45) is 2.61. The number of nitrogens with two attached hydrogens (primary N) is 1. The lowest BCUT2D eigenvalue weighted by Gasteiger charge is -2.16. The highest BCUT2D eigenvalue weighted by molar-refractivity contribution is 6.02. The molecular weight excluding hydrogens is 252 g/mol. The fourth-order valence-corrected chi connectivity index (χ4v) is 2.64. The molecule has 1 unspecified atom stereocenters. The monoisotopic (exact) mass is 270 g/mol. The van der Waals surface area contributed by atoms with Crippen molar-refractivity contribution in [1.29, 1.82) is 0 Å². The lowest BCUT2D eigenvalue weighted by molar-refractivity contribution is -0.127. The molecule has 2 aromatic rings. The largest absolute Gasteiger partial charge is 0.398 e.